The summed E-state index contributed by atoms with van der Waals surface area (Å²) in [6, 6.07) is 10.8. The van der Waals surface area contributed by atoms with E-state index in [1.54, 1.807) is 0 Å². The molecule has 1 aliphatic heterocycles. The third-order valence-electron chi connectivity index (χ3n) is 4.65. The Morgan fingerprint density at radius 2 is 1.96 bits per heavy atom. The molecule has 1 saturated heterocycles. The van der Waals surface area contributed by atoms with Crippen LogP contribution in [0.5, 0.6) is 0 Å². The lowest BCUT2D eigenvalue weighted by molar-refractivity contribution is 0.0220. The van der Waals surface area contributed by atoms with Gasteiger partial charge in [0, 0.05) is 38.8 Å². The second kappa shape index (κ2) is 13.5. The molecule has 1 aromatic rings. The van der Waals surface area contributed by atoms with Gasteiger partial charge in [0.2, 0.25) is 0 Å². The van der Waals surface area contributed by atoms with Gasteiger partial charge in [-0.05, 0) is 32.3 Å². The highest BCUT2D eigenvalue weighted by atomic mass is 16.5. The molecule has 1 heterocycles. The van der Waals surface area contributed by atoms with E-state index in [-0.39, 0.29) is 0 Å². The first-order valence-corrected chi connectivity index (χ1v) is 10.2. The van der Waals surface area contributed by atoms with Crippen LogP contribution in [0, 0.1) is 0 Å². The number of hydrogen-bond acceptors (Lipinski definition) is 4. The monoisotopic (exact) mass is 376 g/mol. The lowest BCUT2D eigenvalue weighted by Gasteiger charge is -2.31. The van der Waals surface area contributed by atoms with Crippen molar-refractivity contribution in [3.63, 3.8) is 0 Å². The fraction of sp³-hybridized carbons (Fsp3) is 0.667. The largest absolute Gasteiger partial charge is 0.379 e. The molecule has 1 unspecified atom stereocenters. The van der Waals surface area contributed by atoms with Crippen LogP contribution >= 0.6 is 0 Å². The quantitative estimate of drug-likeness (QED) is 0.352. The van der Waals surface area contributed by atoms with E-state index in [9.17, 15) is 0 Å². The average molecular weight is 377 g/mol. The molecule has 0 radical (unpaired) electrons. The molecular weight excluding hydrogens is 340 g/mol. The number of unbranched alkanes of at least 4 members (excludes halogenated alkanes) is 1. The van der Waals surface area contributed by atoms with Gasteiger partial charge in [0.25, 0.3) is 0 Å². The maximum atomic E-state index is 5.73. The highest BCUT2D eigenvalue weighted by Gasteiger charge is 2.16. The van der Waals surface area contributed by atoms with Crippen LogP contribution in [-0.2, 0) is 16.1 Å². The molecule has 0 amide bonds. The van der Waals surface area contributed by atoms with Crippen molar-refractivity contribution in [1.29, 1.82) is 0 Å². The topological polar surface area (TPSA) is 58.1 Å². The molecule has 0 aliphatic carbocycles. The highest BCUT2D eigenvalue weighted by Crippen LogP contribution is 2.04. The van der Waals surface area contributed by atoms with Crippen molar-refractivity contribution in [1.82, 2.24) is 15.5 Å². The SMILES string of the molecule is CCNC(=NCC(C)N1CCOCC1)NCCCCOCc1ccccc1. The molecule has 0 spiro atoms. The van der Waals surface area contributed by atoms with Crippen LogP contribution in [0.15, 0.2) is 35.3 Å². The Hall–Kier alpha value is -1.63. The number of aliphatic imine (C=N–C) groups is 1. The number of nitrogens with zero attached hydrogens (tertiary/aromatic N) is 2. The zero-order valence-electron chi connectivity index (χ0n) is 17.0. The zero-order valence-corrected chi connectivity index (χ0v) is 17.0. The Balaban J connectivity index is 1.57. The van der Waals surface area contributed by atoms with Crippen LogP contribution in [0.1, 0.15) is 32.3 Å². The first-order chi connectivity index (χ1) is 13.3. The van der Waals surface area contributed by atoms with Crippen molar-refractivity contribution in [2.75, 3.05) is 52.5 Å². The Morgan fingerprint density at radius 3 is 2.70 bits per heavy atom. The van der Waals surface area contributed by atoms with Crippen molar-refractivity contribution < 1.29 is 9.47 Å². The van der Waals surface area contributed by atoms with Crippen LogP contribution in [-0.4, -0.2) is 69.4 Å². The summed E-state index contributed by atoms with van der Waals surface area (Å²) in [7, 11) is 0. The summed E-state index contributed by atoms with van der Waals surface area (Å²) in [4.78, 5) is 7.19. The first-order valence-electron chi connectivity index (χ1n) is 10.2. The van der Waals surface area contributed by atoms with Gasteiger partial charge in [-0.25, -0.2) is 0 Å². The molecule has 27 heavy (non-hydrogen) atoms. The van der Waals surface area contributed by atoms with Crippen molar-refractivity contribution in [2.45, 2.75) is 39.3 Å². The molecule has 1 aromatic carbocycles. The fourth-order valence-electron chi connectivity index (χ4n) is 3.00. The summed E-state index contributed by atoms with van der Waals surface area (Å²) in [5, 5.41) is 6.76. The molecule has 1 aliphatic rings. The summed E-state index contributed by atoms with van der Waals surface area (Å²) < 4.78 is 11.2. The van der Waals surface area contributed by atoms with E-state index in [0.717, 1.165) is 71.3 Å². The van der Waals surface area contributed by atoms with Crippen LogP contribution in [0.25, 0.3) is 0 Å². The molecule has 2 N–H and O–H groups in total. The number of nitrogens with one attached hydrogen (secondary N) is 2. The first kappa shape index (κ1) is 21.7. The van der Waals surface area contributed by atoms with E-state index in [4.69, 9.17) is 14.5 Å². The third kappa shape index (κ3) is 9.22. The summed E-state index contributed by atoms with van der Waals surface area (Å²) >= 11 is 0. The fourth-order valence-corrected chi connectivity index (χ4v) is 3.00. The zero-order chi connectivity index (χ0) is 19.2. The Kier molecular flexibility index (Phi) is 10.9. The van der Waals surface area contributed by atoms with Gasteiger partial charge in [-0.15, -0.1) is 0 Å². The second-order valence-electron chi connectivity index (χ2n) is 6.89. The van der Waals surface area contributed by atoms with E-state index in [0.29, 0.717) is 12.6 Å². The minimum absolute atomic E-state index is 0.441. The molecule has 0 aromatic heterocycles. The minimum Gasteiger partial charge on any atom is -0.379 e. The predicted octanol–water partition coefficient (Wildman–Crippen LogP) is 2.26. The maximum absolute atomic E-state index is 5.73. The summed E-state index contributed by atoms with van der Waals surface area (Å²) in [6.45, 7) is 12.1. The molecule has 6 heteroatoms. The number of rotatable bonds is 11. The van der Waals surface area contributed by atoms with E-state index in [1.807, 2.05) is 18.2 Å². The summed E-state index contributed by atoms with van der Waals surface area (Å²) in [5.74, 6) is 0.905. The Labute approximate surface area is 164 Å². The average Bonchev–Trinajstić information content (AvgIpc) is 2.72. The molecule has 152 valence electrons. The van der Waals surface area contributed by atoms with Gasteiger partial charge in [-0.3, -0.25) is 9.89 Å². The van der Waals surface area contributed by atoms with Gasteiger partial charge >= 0.3 is 0 Å². The second-order valence-corrected chi connectivity index (χ2v) is 6.89. The molecule has 1 fully saturated rings. The lowest BCUT2D eigenvalue weighted by atomic mass is 10.2. The lowest BCUT2D eigenvalue weighted by Crippen LogP contribution is -2.44. The van der Waals surface area contributed by atoms with Gasteiger partial charge in [0.1, 0.15) is 0 Å². The van der Waals surface area contributed by atoms with Crippen LogP contribution in [0.2, 0.25) is 0 Å². The molecular formula is C21H36N4O2. The molecule has 6 nitrogen and oxygen atoms in total. The number of ether oxygens (including phenoxy) is 2. The van der Waals surface area contributed by atoms with Crippen molar-refractivity contribution in [3.05, 3.63) is 35.9 Å². The van der Waals surface area contributed by atoms with Crippen LogP contribution in [0.4, 0.5) is 0 Å². The molecule has 0 bridgehead atoms. The van der Waals surface area contributed by atoms with E-state index in [1.165, 1.54) is 5.56 Å². The van der Waals surface area contributed by atoms with Gasteiger partial charge < -0.3 is 20.1 Å². The Morgan fingerprint density at radius 1 is 1.19 bits per heavy atom. The summed E-state index contributed by atoms with van der Waals surface area (Å²) in [5.41, 5.74) is 1.23. The van der Waals surface area contributed by atoms with Gasteiger partial charge in [-0.2, -0.15) is 0 Å². The van der Waals surface area contributed by atoms with E-state index < -0.39 is 0 Å². The van der Waals surface area contributed by atoms with Crippen LogP contribution < -0.4 is 10.6 Å². The number of guanidine groups is 1. The molecule has 2 rings (SSSR count). The smallest absolute Gasteiger partial charge is 0.191 e. The van der Waals surface area contributed by atoms with Crippen molar-refractivity contribution in [3.8, 4) is 0 Å². The highest BCUT2D eigenvalue weighted by molar-refractivity contribution is 5.79. The number of benzene rings is 1. The third-order valence-corrected chi connectivity index (χ3v) is 4.65. The summed E-state index contributed by atoms with van der Waals surface area (Å²) in [6.07, 6.45) is 2.11. The maximum Gasteiger partial charge on any atom is 0.191 e. The molecule has 1 atom stereocenters. The number of hydrogen-bond donors (Lipinski definition) is 2. The van der Waals surface area contributed by atoms with Gasteiger partial charge in [0.05, 0.1) is 26.4 Å². The van der Waals surface area contributed by atoms with Gasteiger partial charge in [-0.1, -0.05) is 30.3 Å². The van der Waals surface area contributed by atoms with E-state index in [2.05, 4.69) is 41.5 Å². The predicted molar refractivity (Wildman–Crippen MR) is 111 cm³/mol. The van der Waals surface area contributed by atoms with E-state index >= 15 is 0 Å². The van der Waals surface area contributed by atoms with Crippen molar-refractivity contribution in [2.24, 2.45) is 4.99 Å². The molecule has 0 saturated carbocycles. The van der Waals surface area contributed by atoms with Crippen molar-refractivity contribution >= 4 is 5.96 Å². The van der Waals surface area contributed by atoms with Crippen LogP contribution in [0.3, 0.4) is 0 Å². The normalized spacial score (nSPS) is 16.9. The number of morpholine rings is 1. The standard InChI is InChI=1S/C21H36N4O2/c1-3-22-21(24-17-19(2)25-12-15-26-16-13-25)23-11-7-8-14-27-18-20-9-5-4-6-10-20/h4-6,9-10,19H,3,7-8,11-18H2,1-2H3,(H2,22,23,24). The van der Waals surface area contributed by atoms with Gasteiger partial charge in [0.15, 0.2) is 5.96 Å². The minimum atomic E-state index is 0.441. The Bertz CT molecular complexity index is 518.